The summed E-state index contributed by atoms with van der Waals surface area (Å²) >= 11 is 0. The third-order valence-corrected chi connectivity index (χ3v) is 4.40. The topological polar surface area (TPSA) is 64.6 Å². The van der Waals surface area contributed by atoms with E-state index in [1.54, 1.807) is 18.2 Å². The van der Waals surface area contributed by atoms with Gasteiger partial charge in [-0.1, -0.05) is 26.7 Å². The van der Waals surface area contributed by atoms with Crippen molar-refractivity contribution in [2.75, 3.05) is 13.2 Å². The van der Waals surface area contributed by atoms with E-state index in [2.05, 4.69) is 12.2 Å². The number of benzene rings is 1. The minimum absolute atomic E-state index is 0.0959. The summed E-state index contributed by atoms with van der Waals surface area (Å²) in [5, 5.41) is 3.04. The Kier molecular flexibility index (Phi) is 7.09. The summed E-state index contributed by atoms with van der Waals surface area (Å²) in [6.07, 6.45) is 6.18. The molecule has 0 aliphatic heterocycles. The van der Waals surface area contributed by atoms with Crippen molar-refractivity contribution in [2.45, 2.75) is 52.0 Å². The van der Waals surface area contributed by atoms with Crippen LogP contribution in [0.3, 0.4) is 0 Å². The van der Waals surface area contributed by atoms with Crippen LogP contribution in [0.4, 0.5) is 0 Å². The van der Waals surface area contributed by atoms with Gasteiger partial charge in [0.2, 0.25) is 0 Å². The number of carbonyl (C=O) groups excluding carboxylic acids is 2. The summed E-state index contributed by atoms with van der Waals surface area (Å²) in [5.74, 6) is 1.37. The number of rotatable bonds is 8. The van der Waals surface area contributed by atoms with Gasteiger partial charge in [0.25, 0.3) is 5.91 Å². The number of nitrogens with one attached hydrogen (secondary N) is 1. The van der Waals surface area contributed by atoms with Gasteiger partial charge in [0, 0.05) is 12.1 Å². The fourth-order valence-electron chi connectivity index (χ4n) is 2.97. The van der Waals surface area contributed by atoms with Crippen LogP contribution in [0.15, 0.2) is 18.2 Å². The summed E-state index contributed by atoms with van der Waals surface area (Å²) in [4.78, 5) is 23.3. The third-order valence-electron chi connectivity index (χ3n) is 4.40. The normalized spacial score (nSPS) is 20.2. The molecule has 5 heteroatoms. The second-order valence-electron chi connectivity index (χ2n) is 6.39. The monoisotopic (exact) mass is 333 g/mol. The lowest BCUT2D eigenvalue weighted by atomic mass is 9.86. The molecule has 1 aromatic rings. The highest BCUT2D eigenvalue weighted by Crippen LogP contribution is 2.25. The molecule has 2 atom stereocenters. The van der Waals surface area contributed by atoms with E-state index in [0.717, 1.165) is 32.0 Å². The van der Waals surface area contributed by atoms with Crippen molar-refractivity contribution in [1.82, 2.24) is 5.32 Å². The van der Waals surface area contributed by atoms with Gasteiger partial charge in [0.1, 0.15) is 11.5 Å². The molecule has 0 spiro atoms. The summed E-state index contributed by atoms with van der Waals surface area (Å²) in [5.41, 5.74) is 0.415. The molecule has 0 aromatic heterocycles. The van der Waals surface area contributed by atoms with Gasteiger partial charge in [-0.05, 0) is 37.3 Å². The van der Waals surface area contributed by atoms with Crippen LogP contribution in [0, 0.1) is 5.92 Å². The third kappa shape index (κ3) is 5.25. The van der Waals surface area contributed by atoms with Crippen LogP contribution in [0.1, 0.15) is 56.3 Å². The number of aldehydes is 1. The Morgan fingerprint density at radius 3 is 2.79 bits per heavy atom. The highest BCUT2D eigenvalue weighted by atomic mass is 16.5. The number of ether oxygens (including phenoxy) is 2. The van der Waals surface area contributed by atoms with Gasteiger partial charge in [0.15, 0.2) is 12.9 Å². The second kappa shape index (κ2) is 9.30. The first-order chi connectivity index (χ1) is 11.6. The quantitative estimate of drug-likeness (QED) is 0.741. The van der Waals surface area contributed by atoms with Crippen molar-refractivity contribution in [1.29, 1.82) is 0 Å². The zero-order valence-corrected chi connectivity index (χ0v) is 14.5. The van der Waals surface area contributed by atoms with Crippen LogP contribution in [0.2, 0.25) is 0 Å². The van der Waals surface area contributed by atoms with Crippen molar-refractivity contribution in [3.63, 3.8) is 0 Å². The molecule has 0 unspecified atom stereocenters. The predicted octanol–water partition coefficient (Wildman–Crippen LogP) is 3.36. The fourth-order valence-corrected chi connectivity index (χ4v) is 2.97. The minimum atomic E-state index is -0.148. The molecule has 132 valence electrons. The van der Waals surface area contributed by atoms with Crippen LogP contribution in [0.5, 0.6) is 11.5 Å². The molecule has 1 N–H and O–H groups in total. The molecule has 1 aliphatic rings. The van der Waals surface area contributed by atoms with E-state index >= 15 is 0 Å². The van der Waals surface area contributed by atoms with Crippen LogP contribution in [-0.2, 0) is 4.79 Å². The van der Waals surface area contributed by atoms with Gasteiger partial charge >= 0.3 is 0 Å². The number of hydrogen-bond donors (Lipinski definition) is 1. The molecule has 1 aromatic carbocycles. The molecule has 1 fully saturated rings. The van der Waals surface area contributed by atoms with E-state index in [-0.39, 0.29) is 18.6 Å². The molecular weight excluding hydrogens is 306 g/mol. The number of hydrogen-bond acceptors (Lipinski definition) is 4. The molecule has 0 bridgehead atoms. The van der Waals surface area contributed by atoms with Crippen LogP contribution < -0.4 is 14.8 Å². The Balaban J connectivity index is 1.91. The molecule has 1 amide bonds. The van der Waals surface area contributed by atoms with Gasteiger partial charge < -0.3 is 14.8 Å². The fraction of sp³-hybridized carbons (Fsp3) is 0.579. The Labute approximate surface area is 143 Å². The SMILES string of the molecule is CCCOc1ccc(C=O)c(OCC(=O)N[C@@H]2CCCC[C@@H]2C)c1. The van der Waals surface area contributed by atoms with E-state index in [9.17, 15) is 9.59 Å². The molecule has 0 radical (unpaired) electrons. The van der Waals surface area contributed by atoms with Crippen molar-refractivity contribution < 1.29 is 19.1 Å². The van der Waals surface area contributed by atoms with Gasteiger partial charge in [-0.3, -0.25) is 9.59 Å². The van der Waals surface area contributed by atoms with E-state index in [0.29, 0.717) is 29.6 Å². The summed E-state index contributed by atoms with van der Waals surface area (Å²) in [6, 6.07) is 5.26. The summed E-state index contributed by atoms with van der Waals surface area (Å²) < 4.78 is 11.1. The Morgan fingerprint density at radius 2 is 2.08 bits per heavy atom. The molecule has 5 nitrogen and oxygen atoms in total. The molecule has 1 aliphatic carbocycles. The van der Waals surface area contributed by atoms with Crippen molar-refractivity contribution in [3.8, 4) is 11.5 Å². The largest absolute Gasteiger partial charge is 0.493 e. The zero-order valence-electron chi connectivity index (χ0n) is 14.5. The van der Waals surface area contributed by atoms with Crippen LogP contribution >= 0.6 is 0 Å². The molecule has 0 heterocycles. The average molecular weight is 333 g/mol. The first kappa shape index (κ1) is 18.3. The highest BCUT2D eigenvalue weighted by molar-refractivity contribution is 5.81. The predicted molar refractivity (Wildman–Crippen MR) is 92.7 cm³/mol. The maximum Gasteiger partial charge on any atom is 0.258 e. The first-order valence-electron chi connectivity index (χ1n) is 8.78. The summed E-state index contributed by atoms with van der Waals surface area (Å²) in [7, 11) is 0. The van der Waals surface area contributed by atoms with Crippen molar-refractivity contribution >= 4 is 12.2 Å². The lowest BCUT2D eigenvalue weighted by Crippen LogP contribution is -2.43. The smallest absolute Gasteiger partial charge is 0.258 e. The van der Waals surface area contributed by atoms with Gasteiger partial charge in [-0.15, -0.1) is 0 Å². The molecule has 0 saturated heterocycles. The van der Waals surface area contributed by atoms with E-state index in [4.69, 9.17) is 9.47 Å². The standard InChI is InChI=1S/C19H27NO4/c1-3-10-23-16-9-8-15(12-21)18(11-16)24-13-19(22)20-17-7-5-4-6-14(17)2/h8-9,11-12,14,17H,3-7,10,13H2,1-2H3,(H,20,22)/t14-,17+/m0/s1. The van der Waals surface area contributed by atoms with Crippen molar-refractivity contribution in [2.24, 2.45) is 5.92 Å². The zero-order chi connectivity index (χ0) is 17.4. The minimum Gasteiger partial charge on any atom is -0.493 e. The Hall–Kier alpha value is -2.04. The average Bonchev–Trinajstić information content (AvgIpc) is 2.60. The highest BCUT2D eigenvalue weighted by Gasteiger charge is 2.23. The molecule has 1 saturated carbocycles. The molecule has 24 heavy (non-hydrogen) atoms. The molecular formula is C19H27NO4. The van der Waals surface area contributed by atoms with Gasteiger partial charge in [0.05, 0.1) is 12.2 Å². The molecule has 2 rings (SSSR count). The summed E-state index contributed by atoms with van der Waals surface area (Å²) in [6.45, 7) is 4.69. The van der Waals surface area contributed by atoms with Gasteiger partial charge in [-0.25, -0.2) is 0 Å². The van der Waals surface area contributed by atoms with E-state index in [1.165, 1.54) is 6.42 Å². The van der Waals surface area contributed by atoms with E-state index < -0.39 is 0 Å². The maximum absolute atomic E-state index is 12.1. The van der Waals surface area contributed by atoms with Crippen molar-refractivity contribution in [3.05, 3.63) is 23.8 Å². The van der Waals surface area contributed by atoms with Gasteiger partial charge in [-0.2, -0.15) is 0 Å². The number of amides is 1. The van der Waals surface area contributed by atoms with Crippen LogP contribution in [0.25, 0.3) is 0 Å². The Morgan fingerprint density at radius 1 is 1.29 bits per heavy atom. The number of carbonyl (C=O) groups is 2. The second-order valence-corrected chi connectivity index (χ2v) is 6.39. The lowest BCUT2D eigenvalue weighted by Gasteiger charge is -2.29. The first-order valence-corrected chi connectivity index (χ1v) is 8.78. The maximum atomic E-state index is 12.1. The lowest BCUT2D eigenvalue weighted by molar-refractivity contribution is -0.124. The van der Waals surface area contributed by atoms with E-state index in [1.807, 2.05) is 6.92 Å². The Bertz CT molecular complexity index is 558. The van der Waals surface area contributed by atoms with Crippen LogP contribution in [-0.4, -0.2) is 31.4 Å².